The van der Waals surface area contributed by atoms with E-state index in [-0.39, 0.29) is 0 Å². The van der Waals surface area contributed by atoms with Crippen molar-refractivity contribution in [3.05, 3.63) is 231 Å². The second kappa shape index (κ2) is 15.6. The largest absolute Gasteiger partial charge is 0.456 e. The minimum atomic E-state index is 0.608. The van der Waals surface area contributed by atoms with Gasteiger partial charge in [-0.2, -0.15) is 0 Å². The summed E-state index contributed by atoms with van der Waals surface area (Å²) in [6.45, 7) is 0. The van der Waals surface area contributed by atoms with Crippen molar-refractivity contribution in [2.75, 3.05) is 0 Å². The van der Waals surface area contributed by atoms with Crippen molar-refractivity contribution in [1.82, 2.24) is 19.5 Å². The Morgan fingerprint density at radius 1 is 0.290 bits per heavy atom. The first kappa shape index (κ1) is 38.8. The molecule has 0 fully saturated rings. The minimum absolute atomic E-state index is 0.608. The molecule has 0 radical (unpaired) electrons. The third-order valence-corrected chi connectivity index (χ3v) is 13.5. The summed E-state index contributed by atoms with van der Waals surface area (Å²) in [5, 5.41) is 6.65. The van der Waals surface area contributed by atoms with Crippen LogP contribution in [0.4, 0.5) is 0 Å². The van der Waals surface area contributed by atoms with Crippen LogP contribution in [0.15, 0.2) is 239 Å². The molecule has 14 aromatic rings. The highest BCUT2D eigenvalue weighted by atomic mass is 16.3. The van der Waals surface area contributed by atoms with Crippen LogP contribution in [0.2, 0.25) is 0 Å². The fraction of sp³-hybridized carbons (Fsp3) is 0. The molecule has 4 aromatic heterocycles. The molecule has 322 valence electrons. The Kier molecular flexibility index (Phi) is 8.79. The van der Waals surface area contributed by atoms with Crippen molar-refractivity contribution >= 4 is 65.7 Å². The average molecular weight is 883 g/mol. The van der Waals surface area contributed by atoms with Gasteiger partial charge in [0.1, 0.15) is 16.7 Å². The van der Waals surface area contributed by atoms with Gasteiger partial charge >= 0.3 is 0 Å². The zero-order valence-corrected chi connectivity index (χ0v) is 37.0. The van der Waals surface area contributed by atoms with Gasteiger partial charge in [-0.05, 0) is 94.0 Å². The molecule has 6 nitrogen and oxygen atoms in total. The summed E-state index contributed by atoms with van der Waals surface area (Å²) in [5.41, 5.74) is 16.0. The maximum Gasteiger partial charge on any atom is 0.164 e. The quantitative estimate of drug-likeness (QED) is 0.159. The Hall–Kier alpha value is -9.39. The predicted octanol–water partition coefficient (Wildman–Crippen LogP) is 16.8. The zero-order valence-electron chi connectivity index (χ0n) is 37.0. The first-order valence-electron chi connectivity index (χ1n) is 23.2. The molecular formula is C63H38N4O2. The van der Waals surface area contributed by atoms with Gasteiger partial charge in [0.2, 0.25) is 0 Å². The van der Waals surface area contributed by atoms with Crippen LogP contribution >= 0.6 is 0 Å². The molecule has 0 saturated heterocycles. The van der Waals surface area contributed by atoms with Gasteiger partial charge in [-0.25, -0.2) is 15.0 Å². The van der Waals surface area contributed by atoms with Crippen molar-refractivity contribution in [3.63, 3.8) is 0 Å². The highest BCUT2D eigenvalue weighted by molar-refractivity contribution is 6.15. The van der Waals surface area contributed by atoms with Crippen molar-refractivity contribution < 1.29 is 8.83 Å². The highest BCUT2D eigenvalue weighted by Gasteiger charge is 2.20. The Labute approximate surface area is 396 Å². The second-order valence-electron chi connectivity index (χ2n) is 17.5. The van der Waals surface area contributed by atoms with Crippen molar-refractivity contribution in [1.29, 1.82) is 0 Å². The molecule has 0 unspecified atom stereocenters. The van der Waals surface area contributed by atoms with E-state index in [2.05, 4.69) is 168 Å². The Bertz CT molecular complexity index is 4250. The summed E-state index contributed by atoms with van der Waals surface area (Å²) in [6.07, 6.45) is 0. The van der Waals surface area contributed by atoms with Crippen LogP contribution in [0.1, 0.15) is 0 Å². The number of furan rings is 2. The SMILES string of the molecule is c1ccc(-c2ccc3c(c2)c2ccccc2n3-c2cccc3c2oc2cc(-c4ccc5oc6cccc(-c7cccc(-c8nc(-c9ccccc9)nc(-c9ccccc9)n8)c7)c6c5c4)ccc23)cc1. The molecule has 4 heterocycles. The fourth-order valence-electron chi connectivity index (χ4n) is 10.2. The Morgan fingerprint density at radius 3 is 1.64 bits per heavy atom. The smallest absolute Gasteiger partial charge is 0.164 e. The summed E-state index contributed by atoms with van der Waals surface area (Å²) in [7, 11) is 0. The van der Waals surface area contributed by atoms with Gasteiger partial charge < -0.3 is 13.4 Å². The number of hydrogen-bond acceptors (Lipinski definition) is 5. The third kappa shape index (κ3) is 6.45. The Balaban J connectivity index is 0.865. The van der Waals surface area contributed by atoms with Gasteiger partial charge in [-0.1, -0.05) is 170 Å². The van der Waals surface area contributed by atoms with Crippen LogP contribution in [0, 0.1) is 0 Å². The summed E-state index contributed by atoms with van der Waals surface area (Å²) in [6, 6.07) is 80.4. The average Bonchev–Trinajstić information content (AvgIpc) is 4.10. The van der Waals surface area contributed by atoms with Crippen molar-refractivity contribution in [3.8, 4) is 73.2 Å². The van der Waals surface area contributed by atoms with E-state index < -0.39 is 0 Å². The monoisotopic (exact) mass is 882 g/mol. The van der Waals surface area contributed by atoms with Gasteiger partial charge in [0.25, 0.3) is 0 Å². The maximum absolute atomic E-state index is 6.94. The van der Waals surface area contributed by atoms with Crippen molar-refractivity contribution in [2.24, 2.45) is 0 Å². The highest BCUT2D eigenvalue weighted by Crippen LogP contribution is 2.43. The van der Waals surface area contributed by atoms with Crippen LogP contribution < -0.4 is 0 Å². The van der Waals surface area contributed by atoms with E-state index in [9.17, 15) is 0 Å². The lowest BCUT2D eigenvalue weighted by atomic mass is 9.96. The van der Waals surface area contributed by atoms with Gasteiger partial charge in [-0.3, -0.25) is 0 Å². The topological polar surface area (TPSA) is 69.9 Å². The minimum Gasteiger partial charge on any atom is -0.456 e. The second-order valence-corrected chi connectivity index (χ2v) is 17.5. The molecule has 14 rings (SSSR count). The van der Waals surface area contributed by atoms with Crippen LogP contribution in [0.25, 0.3) is 139 Å². The number of aromatic nitrogens is 4. The molecule has 0 amide bonds. The number of benzene rings is 10. The predicted molar refractivity (Wildman–Crippen MR) is 281 cm³/mol. The van der Waals surface area contributed by atoms with Crippen LogP contribution in [0.5, 0.6) is 0 Å². The summed E-state index contributed by atoms with van der Waals surface area (Å²) in [5.74, 6) is 1.86. The van der Waals surface area contributed by atoms with Gasteiger partial charge in [0.05, 0.1) is 16.7 Å². The molecule has 0 aliphatic carbocycles. The van der Waals surface area contributed by atoms with Crippen LogP contribution in [-0.2, 0) is 0 Å². The van der Waals surface area contributed by atoms with E-state index in [0.717, 1.165) is 99.5 Å². The van der Waals surface area contributed by atoms with E-state index in [1.54, 1.807) is 0 Å². The molecule has 0 aliphatic rings. The zero-order chi connectivity index (χ0) is 45.4. The van der Waals surface area contributed by atoms with Gasteiger partial charge in [0.15, 0.2) is 23.1 Å². The number of hydrogen-bond donors (Lipinski definition) is 0. The molecule has 0 N–H and O–H groups in total. The third-order valence-electron chi connectivity index (χ3n) is 13.5. The standard InChI is InChI=1S/C63H38N4O2/c1-4-15-39(16-5-1)42-30-33-54-51(36-42)48-23-10-11-26-53(48)67(54)55-27-13-25-50-49-32-29-44(38-58(49)69-60(50)55)43-31-34-56-52(37-43)59-47(24-14-28-57(59)68-56)45-21-12-22-46(35-45)63-65-61(40-17-6-2-7-18-40)64-62(66-63)41-19-8-3-9-20-41/h1-38H. The Morgan fingerprint density at radius 2 is 0.855 bits per heavy atom. The molecule has 0 bridgehead atoms. The number of para-hydroxylation sites is 2. The van der Waals surface area contributed by atoms with E-state index in [1.807, 2.05) is 66.7 Å². The molecule has 0 atom stereocenters. The fourth-order valence-corrected chi connectivity index (χ4v) is 10.2. The number of fused-ring (bicyclic) bond motifs is 9. The van der Waals surface area contributed by atoms with Gasteiger partial charge in [0, 0.05) is 49.0 Å². The van der Waals surface area contributed by atoms with Crippen LogP contribution in [-0.4, -0.2) is 19.5 Å². The molecule has 0 aliphatic heterocycles. The summed E-state index contributed by atoms with van der Waals surface area (Å²) < 4.78 is 15.8. The van der Waals surface area contributed by atoms with E-state index >= 15 is 0 Å². The normalized spacial score (nSPS) is 11.8. The van der Waals surface area contributed by atoms with Crippen LogP contribution in [0.3, 0.4) is 0 Å². The van der Waals surface area contributed by atoms with Crippen molar-refractivity contribution in [2.45, 2.75) is 0 Å². The molecule has 69 heavy (non-hydrogen) atoms. The first-order chi connectivity index (χ1) is 34.2. The van der Waals surface area contributed by atoms with Gasteiger partial charge in [-0.15, -0.1) is 0 Å². The summed E-state index contributed by atoms with van der Waals surface area (Å²) in [4.78, 5) is 15.0. The molecular weight excluding hydrogens is 845 g/mol. The molecule has 0 saturated carbocycles. The molecule has 10 aromatic carbocycles. The van der Waals surface area contributed by atoms with E-state index in [1.165, 1.54) is 21.9 Å². The maximum atomic E-state index is 6.94. The lowest BCUT2D eigenvalue weighted by Gasteiger charge is -2.10. The van der Waals surface area contributed by atoms with E-state index in [4.69, 9.17) is 23.8 Å². The lowest BCUT2D eigenvalue weighted by molar-refractivity contribution is 0.666. The first-order valence-corrected chi connectivity index (χ1v) is 23.2. The molecule has 0 spiro atoms. The molecule has 6 heteroatoms. The summed E-state index contributed by atoms with van der Waals surface area (Å²) >= 11 is 0. The lowest BCUT2D eigenvalue weighted by Crippen LogP contribution is -2.00. The van der Waals surface area contributed by atoms with E-state index in [0.29, 0.717) is 17.5 Å². The number of nitrogens with zero attached hydrogens (tertiary/aromatic N) is 4. The number of rotatable bonds is 7.